The lowest BCUT2D eigenvalue weighted by Crippen LogP contribution is -2.22. The Hall–Kier alpha value is -0.610. The molecular weight excluding hydrogens is 136 g/mol. The van der Waals surface area contributed by atoms with Crippen LogP contribution in [-0.2, 0) is 14.3 Å². The van der Waals surface area contributed by atoms with Crippen LogP contribution in [-0.4, -0.2) is 29.6 Å². The normalized spacial score (nSPS) is 33.1. The molecule has 4 heteroatoms. The SMILES string of the molecule is CC(=O)OC(O)C1OC1C. The molecule has 3 atom stereocenters. The summed E-state index contributed by atoms with van der Waals surface area (Å²) in [5.41, 5.74) is 0. The van der Waals surface area contributed by atoms with E-state index in [1.54, 1.807) is 6.92 Å². The van der Waals surface area contributed by atoms with Gasteiger partial charge in [-0.2, -0.15) is 0 Å². The second-order valence-corrected chi connectivity index (χ2v) is 2.31. The van der Waals surface area contributed by atoms with Crippen LogP contribution in [0.15, 0.2) is 0 Å². The van der Waals surface area contributed by atoms with E-state index in [-0.39, 0.29) is 12.2 Å². The summed E-state index contributed by atoms with van der Waals surface area (Å²) in [4.78, 5) is 10.3. The number of carbonyl (C=O) groups is 1. The lowest BCUT2D eigenvalue weighted by atomic mass is 10.3. The van der Waals surface area contributed by atoms with Crippen molar-refractivity contribution in [1.82, 2.24) is 0 Å². The zero-order chi connectivity index (χ0) is 7.72. The smallest absolute Gasteiger partial charge is 0.305 e. The number of hydrogen-bond acceptors (Lipinski definition) is 4. The highest BCUT2D eigenvalue weighted by molar-refractivity contribution is 5.66. The molecule has 10 heavy (non-hydrogen) atoms. The van der Waals surface area contributed by atoms with Crippen molar-refractivity contribution in [2.75, 3.05) is 0 Å². The van der Waals surface area contributed by atoms with Crippen molar-refractivity contribution in [3.8, 4) is 0 Å². The molecule has 0 aromatic carbocycles. The van der Waals surface area contributed by atoms with Crippen LogP contribution in [0, 0.1) is 0 Å². The van der Waals surface area contributed by atoms with Crippen molar-refractivity contribution in [1.29, 1.82) is 0 Å². The highest BCUT2D eigenvalue weighted by Crippen LogP contribution is 2.24. The number of hydrogen-bond donors (Lipinski definition) is 1. The molecule has 0 radical (unpaired) electrons. The minimum atomic E-state index is -1.09. The third-order valence-corrected chi connectivity index (χ3v) is 1.33. The Bertz CT molecular complexity index is 145. The molecule has 1 rings (SSSR count). The summed E-state index contributed by atoms with van der Waals surface area (Å²) in [7, 11) is 0. The van der Waals surface area contributed by atoms with Gasteiger partial charge in [0.2, 0.25) is 6.29 Å². The average Bonchev–Trinajstić information content (AvgIpc) is 2.44. The summed E-state index contributed by atoms with van der Waals surface area (Å²) < 4.78 is 9.29. The third kappa shape index (κ3) is 1.68. The van der Waals surface area contributed by atoms with E-state index in [0.717, 1.165) is 0 Å². The summed E-state index contributed by atoms with van der Waals surface area (Å²) in [6, 6.07) is 0. The van der Waals surface area contributed by atoms with E-state index in [1.807, 2.05) is 0 Å². The van der Waals surface area contributed by atoms with Crippen LogP contribution in [0.4, 0.5) is 0 Å². The Morgan fingerprint density at radius 1 is 1.80 bits per heavy atom. The molecule has 1 aliphatic heterocycles. The molecule has 0 aromatic rings. The van der Waals surface area contributed by atoms with Crippen LogP contribution in [0.5, 0.6) is 0 Å². The molecule has 3 unspecified atom stereocenters. The average molecular weight is 146 g/mol. The van der Waals surface area contributed by atoms with Gasteiger partial charge in [-0.05, 0) is 6.92 Å². The zero-order valence-electron chi connectivity index (χ0n) is 5.90. The Labute approximate surface area is 58.7 Å². The number of esters is 1. The lowest BCUT2D eigenvalue weighted by Gasteiger charge is -2.05. The van der Waals surface area contributed by atoms with Gasteiger partial charge in [-0.15, -0.1) is 0 Å². The first-order chi connectivity index (χ1) is 4.61. The minimum absolute atomic E-state index is 0.00866. The topological polar surface area (TPSA) is 59.1 Å². The fourth-order valence-corrected chi connectivity index (χ4v) is 0.739. The molecule has 0 aliphatic carbocycles. The first kappa shape index (κ1) is 7.50. The predicted molar refractivity (Wildman–Crippen MR) is 32.1 cm³/mol. The monoisotopic (exact) mass is 146 g/mol. The Morgan fingerprint density at radius 2 is 2.30 bits per heavy atom. The van der Waals surface area contributed by atoms with Gasteiger partial charge >= 0.3 is 5.97 Å². The molecule has 0 saturated carbocycles. The van der Waals surface area contributed by atoms with E-state index in [2.05, 4.69) is 4.74 Å². The maximum atomic E-state index is 10.3. The van der Waals surface area contributed by atoms with E-state index >= 15 is 0 Å². The van der Waals surface area contributed by atoms with E-state index in [9.17, 15) is 4.79 Å². The number of aliphatic hydroxyl groups is 1. The molecule has 1 aliphatic rings. The number of ether oxygens (including phenoxy) is 2. The number of aliphatic hydroxyl groups excluding tert-OH is 1. The van der Waals surface area contributed by atoms with Gasteiger partial charge in [0.25, 0.3) is 0 Å². The highest BCUT2D eigenvalue weighted by atomic mass is 16.7. The lowest BCUT2D eigenvalue weighted by molar-refractivity contribution is -0.168. The van der Waals surface area contributed by atoms with Gasteiger partial charge < -0.3 is 14.6 Å². The molecule has 0 spiro atoms. The molecule has 0 amide bonds. The van der Waals surface area contributed by atoms with E-state index in [0.29, 0.717) is 0 Å². The van der Waals surface area contributed by atoms with Gasteiger partial charge in [-0.3, -0.25) is 4.79 Å². The van der Waals surface area contributed by atoms with Gasteiger partial charge in [-0.25, -0.2) is 0 Å². The number of rotatable bonds is 2. The van der Waals surface area contributed by atoms with Crippen molar-refractivity contribution in [3.05, 3.63) is 0 Å². The predicted octanol–water partition coefficient (Wildman–Crippen LogP) is -0.345. The van der Waals surface area contributed by atoms with Crippen molar-refractivity contribution < 1.29 is 19.4 Å². The maximum Gasteiger partial charge on any atom is 0.305 e. The largest absolute Gasteiger partial charge is 0.433 e. The summed E-state index contributed by atoms with van der Waals surface area (Å²) in [5, 5.41) is 8.96. The Balaban J connectivity index is 2.22. The van der Waals surface area contributed by atoms with Crippen LogP contribution < -0.4 is 0 Å². The van der Waals surface area contributed by atoms with Gasteiger partial charge in [-0.1, -0.05) is 0 Å². The molecule has 1 heterocycles. The van der Waals surface area contributed by atoms with Gasteiger partial charge in [0, 0.05) is 6.92 Å². The molecule has 0 bridgehead atoms. The molecule has 4 nitrogen and oxygen atoms in total. The van der Waals surface area contributed by atoms with E-state index in [1.165, 1.54) is 6.92 Å². The molecule has 0 aromatic heterocycles. The van der Waals surface area contributed by atoms with Crippen molar-refractivity contribution >= 4 is 5.97 Å². The second kappa shape index (κ2) is 2.56. The van der Waals surface area contributed by atoms with Crippen LogP contribution >= 0.6 is 0 Å². The fourth-order valence-electron chi connectivity index (χ4n) is 0.739. The van der Waals surface area contributed by atoms with E-state index < -0.39 is 12.3 Å². The number of epoxide rings is 1. The van der Waals surface area contributed by atoms with Crippen molar-refractivity contribution in [2.24, 2.45) is 0 Å². The van der Waals surface area contributed by atoms with Crippen LogP contribution in [0.3, 0.4) is 0 Å². The summed E-state index contributed by atoms with van der Waals surface area (Å²) >= 11 is 0. The van der Waals surface area contributed by atoms with Crippen LogP contribution in [0.25, 0.3) is 0 Å². The van der Waals surface area contributed by atoms with E-state index in [4.69, 9.17) is 9.84 Å². The van der Waals surface area contributed by atoms with Gasteiger partial charge in [0.05, 0.1) is 6.10 Å². The summed E-state index contributed by atoms with van der Waals surface area (Å²) in [6.07, 6.45) is -1.40. The summed E-state index contributed by atoms with van der Waals surface area (Å²) in [5.74, 6) is -0.491. The van der Waals surface area contributed by atoms with Crippen LogP contribution in [0.2, 0.25) is 0 Å². The third-order valence-electron chi connectivity index (χ3n) is 1.33. The standard InChI is InChI=1S/C6H10O4/c1-3-5(9-3)6(8)10-4(2)7/h3,5-6,8H,1-2H3. The van der Waals surface area contributed by atoms with Gasteiger partial charge in [0.1, 0.15) is 6.10 Å². The second-order valence-electron chi connectivity index (χ2n) is 2.31. The van der Waals surface area contributed by atoms with Crippen molar-refractivity contribution in [3.63, 3.8) is 0 Å². The zero-order valence-corrected chi connectivity index (χ0v) is 5.90. The molecule has 1 fully saturated rings. The fraction of sp³-hybridized carbons (Fsp3) is 0.833. The van der Waals surface area contributed by atoms with Gasteiger partial charge in [0.15, 0.2) is 0 Å². The molecule has 1 saturated heterocycles. The highest BCUT2D eigenvalue weighted by Gasteiger charge is 2.42. The molecule has 1 N–H and O–H groups in total. The first-order valence-electron chi connectivity index (χ1n) is 3.12. The quantitative estimate of drug-likeness (QED) is 0.329. The van der Waals surface area contributed by atoms with Crippen molar-refractivity contribution in [2.45, 2.75) is 32.3 Å². The first-order valence-corrected chi connectivity index (χ1v) is 3.12. The van der Waals surface area contributed by atoms with Crippen LogP contribution in [0.1, 0.15) is 13.8 Å². The molecular formula is C6H10O4. The maximum absolute atomic E-state index is 10.3. The molecule has 58 valence electrons. The minimum Gasteiger partial charge on any atom is -0.433 e. The summed E-state index contributed by atoms with van der Waals surface area (Å²) in [6.45, 7) is 3.05. The Kier molecular flexibility index (Phi) is 1.92. The number of carbonyl (C=O) groups excluding carboxylic acids is 1. The Morgan fingerprint density at radius 3 is 2.60 bits per heavy atom.